The van der Waals surface area contributed by atoms with Gasteiger partial charge < -0.3 is 9.84 Å². The van der Waals surface area contributed by atoms with E-state index in [0.717, 1.165) is 5.69 Å². The van der Waals surface area contributed by atoms with Crippen LogP contribution in [-0.2, 0) is 13.7 Å². The second-order valence-corrected chi connectivity index (χ2v) is 3.87. The minimum absolute atomic E-state index is 0.278. The number of aliphatic hydroxyl groups excluding tert-OH is 1. The zero-order valence-electron chi connectivity index (χ0n) is 10.4. The zero-order chi connectivity index (χ0) is 13.7. The van der Waals surface area contributed by atoms with Crippen LogP contribution in [0.5, 0.6) is 5.75 Å². The molecule has 1 aromatic carbocycles. The minimum atomic E-state index is -0.396. The van der Waals surface area contributed by atoms with Gasteiger partial charge in [-0.05, 0) is 24.3 Å². The van der Waals surface area contributed by atoms with Gasteiger partial charge in [-0.3, -0.25) is 4.68 Å². The molecule has 4 nitrogen and oxygen atoms in total. The van der Waals surface area contributed by atoms with Gasteiger partial charge in [0, 0.05) is 13.2 Å². The molecule has 0 saturated carbocycles. The summed E-state index contributed by atoms with van der Waals surface area (Å²) in [6.45, 7) is -0.00350. The van der Waals surface area contributed by atoms with Crippen molar-refractivity contribution in [2.75, 3.05) is 6.61 Å². The molecular formula is C14H13FN2O2. The lowest BCUT2D eigenvalue weighted by Crippen LogP contribution is -1.99. The van der Waals surface area contributed by atoms with Crippen LogP contribution in [0.1, 0.15) is 11.3 Å². The molecule has 0 atom stereocenters. The van der Waals surface area contributed by atoms with Gasteiger partial charge in [-0.15, -0.1) is 0 Å². The summed E-state index contributed by atoms with van der Waals surface area (Å²) in [6.07, 6.45) is 1.82. The molecule has 2 aromatic rings. The third-order valence-electron chi connectivity index (χ3n) is 2.39. The van der Waals surface area contributed by atoms with Gasteiger partial charge in [0.1, 0.15) is 24.8 Å². The van der Waals surface area contributed by atoms with Gasteiger partial charge in [0.15, 0.2) is 0 Å². The average Bonchev–Trinajstić information content (AvgIpc) is 2.81. The molecule has 0 amide bonds. The predicted molar refractivity (Wildman–Crippen MR) is 67.9 cm³/mol. The maximum atomic E-state index is 13.1. The number of nitrogens with zero attached hydrogens (tertiary/aromatic N) is 2. The lowest BCUT2D eigenvalue weighted by Gasteiger charge is -2.06. The maximum Gasteiger partial charge on any atom is 0.135 e. The van der Waals surface area contributed by atoms with Crippen molar-refractivity contribution in [1.82, 2.24) is 9.78 Å². The molecule has 2 rings (SSSR count). The van der Waals surface area contributed by atoms with Crippen molar-refractivity contribution in [1.29, 1.82) is 0 Å². The van der Waals surface area contributed by atoms with E-state index in [1.807, 2.05) is 19.3 Å². The molecule has 19 heavy (non-hydrogen) atoms. The minimum Gasteiger partial charge on any atom is -0.486 e. The Hall–Kier alpha value is -2.32. The molecule has 1 N–H and O–H groups in total. The van der Waals surface area contributed by atoms with Crippen LogP contribution in [0.3, 0.4) is 0 Å². The van der Waals surface area contributed by atoms with Crippen LogP contribution in [0.2, 0.25) is 0 Å². The van der Waals surface area contributed by atoms with Crippen LogP contribution in [0, 0.1) is 17.7 Å². The van der Waals surface area contributed by atoms with Crippen molar-refractivity contribution in [3.8, 4) is 17.6 Å². The lowest BCUT2D eigenvalue weighted by molar-refractivity contribution is 0.298. The standard InChI is InChI=1S/C14H13FN2O2/c1-17-7-6-13(16-17)10-19-14-5-4-12(15)9-11(14)3-2-8-18/h4-7,9,18H,8,10H2,1H3. The monoisotopic (exact) mass is 260 g/mol. The molecule has 0 saturated heterocycles. The molecule has 98 valence electrons. The second kappa shape index (κ2) is 6.03. The molecule has 0 spiro atoms. The van der Waals surface area contributed by atoms with Crippen molar-refractivity contribution in [3.05, 3.63) is 47.5 Å². The van der Waals surface area contributed by atoms with Crippen LogP contribution in [0.4, 0.5) is 4.39 Å². The maximum absolute atomic E-state index is 13.1. The molecule has 1 aromatic heterocycles. The average molecular weight is 260 g/mol. The highest BCUT2D eigenvalue weighted by Gasteiger charge is 2.05. The van der Waals surface area contributed by atoms with Gasteiger partial charge in [-0.25, -0.2) is 4.39 Å². The molecule has 0 unspecified atom stereocenters. The quantitative estimate of drug-likeness (QED) is 0.850. The van der Waals surface area contributed by atoms with Crippen molar-refractivity contribution in [2.45, 2.75) is 6.61 Å². The Balaban J connectivity index is 2.15. The van der Waals surface area contributed by atoms with Crippen LogP contribution >= 0.6 is 0 Å². The van der Waals surface area contributed by atoms with E-state index < -0.39 is 5.82 Å². The molecule has 0 aliphatic heterocycles. The van der Waals surface area contributed by atoms with E-state index >= 15 is 0 Å². The highest BCUT2D eigenvalue weighted by molar-refractivity contribution is 5.46. The van der Waals surface area contributed by atoms with E-state index in [0.29, 0.717) is 11.3 Å². The summed E-state index contributed by atoms with van der Waals surface area (Å²) in [7, 11) is 1.82. The highest BCUT2D eigenvalue weighted by Crippen LogP contribution is 2.19. The summed E-state index contributed by atoms with van der Waals surface area (Å²) in [6, 6.07) is 5.93. The number of ether oxygens (including phenoxy) is 1. The first-order valence-corrected chi connectivity index (χ1v) is 5.69. The number of aromatic nitrogens is 2. The van der Waals surface area contributed by atoms with Crippen LogP contribution in [0.25, 0.3) is 0 Å². The van der Waals surface area contributed by atoms with Gasteiger partial charge >= 0.3 is 0 Å². The van der Waals surface area contributed by atoms with Gasteiger partial charge in [0.2, 0.25) is 0 Å². The van der Waals surface area contributed by atoms with E-state index in [9.17, 15) is 4.39 Å². The van der Waals surface area contributed by atoms with E-state index in [1.165, 1.54) is 18.2 Å². The topological polar surface area (TPSA) is 47.3 Å². The number of aryl methyl sites for hydroxylation is 1. The Morgan fingerprint density at radius 1 is 1.42 bits per heavy atom. The van der Waals surface area contributed by atoms with Gasteiger partial charge in [0.25, 0.3) is 0 Å². The third kappa shape index (κ3) is 3.57. The summed E-state index contributed by atoms with van der Waals surface area (Å²) in [4.78, 5) is 0. The van der Waals surface area contributed by atoms with E-state index in [-0.39, 0.29) is 13.2 Å². The summed E-state index contributed by atoms with van der Waals surface area (Å²) in [5.74, 6) is 5.20. The smallest absolute Gasteiger partial charge is 0.135 e. The third-order valence-corrected chi connectivity index (χ3v) is 2.39. The number of hydrogen-bond acceptors (Lipinski definition) is 3. The summed E-state index contributed by atoms with van der Waals surface area (Å²) < 4.78 is 20.4. The predicted octanol–water partition coefficient (Wildman–Crippen LogP) is 1.48. The summed E-state index contributed by atoms with van der Waals surface area (Å²) >= 11 is 0. The molecule has 0 aliphatic carbocycles. The number of hydrogen-bond donors (Lipinski definition) is 1. The van der Waals surface area contributed by atoms with Crippen molar-refractivity contribution in [2.24, 2.45) is 7.05 Å². The van der Waals surface area contributed by atoms with Crippen LogP contribution < -0.4 is 4.74 Å². The Morgan fingerprint density at radius 3 is 2.95 bits per heavy atom. The molecule has 5 heteroatoms. The van der Waals surface area contributed by atoms with Crippen molar-refractivity contribution >= 4 is 0 Å². The largest absolute Gasteiger partial charge is 0.486 e. The lowest BCUT2D eigenvalue weighted by atomic mass is 10.2. The van der Waals surface area contributed by atoms with E-state index in [1.54, 1.807) is 4.68 Å². The van der Waals surface area contributed by atoms with E-state index in [2.05, 4.69) is 16.9 Å². The van der Waals surface area contributed by atoms with Crippen molar-refractivity contribution in [3.63, 3.8) is 0 Å². The molecule has 0 bridgehead atoms. The first kappa shape index (κ1) is 13.1. The fourth-order valence-corrected chi connectivity index (χ4v) is 1.55. The fraction of sp³-hybridized carbons (Fsp3) is 0.214. The normalized spacial score (nSPS) is 9.84. The molecule has 1 heterocycles. The molecule has 0 aliphatic rings. The van der Waals surface area contributed by atoms with Gasteiger partial charge in [-0.1, -0.05) is 11.8 Å². The number of benzene rings is 1. The molecule has 0 radical (unpaired) electrons. The number of rotatable bonds is 3. The Kier molecular flexibility index (Phi) is 4.16. The first-order valence-electron chi connectivity index (χ1n) is 5.69. The zero-order valence-corrected chi connectivity index (χ0v) is 10.4. The first-order chi connectivity index (χ1) is 9.19. The molecule has 0 fully saturated rings. The Bertz CT molecular complexity index is 626. The Labute approximate surface area is 110 Å². The fourth-order valence-electron chi connectivity index (χ4n) is 1.55. The van der Waals surface area contributed by atoms with Crippen molar-refractivity contribution < 1.29 is 14.2 Å². The summed E-state index contributed by atoms with van der Waals surface area (Å²) in [5.41, 5.74) is 1.18. The highest BCUT2D eigenvalue weighted by atomic mass is 19.1. The van der Waals surface area contributed by atoms with Crippen LogP contribution in [0.15, 0.2) is 30.5 Å². The summed E-state index contributed by atoms with van der Waals surface area (Å²) in [5, 5.41) is 12.9. The number of aliphatic hydroxyl groups is 1. The Morgan fingerprint density at radius 2 is 2.26 bits per heavy atom. The second-order valence-electron chi connectivity index (χ2n) is 3.87. The van der Waals surface area contributed by atoms with E-state index in [4.69, 9.17) is 9.84 Å². The number of halogens is 1. The van der Waals surface area contributed by atoms with Gasteiger partial charge in [0.05, 0.1) is 11.3 Å². The van der Waals surface area contributed by atoms with Crippen LogP contribution in [-0.4, -0.2) is 21.5 Å². The molecular weight excluding hydrogens is 247 g/mol. The van der Waals surface area contributed by atoms with Gasteiger partial charge in [-0.2, -0.15) is 5.10 Å². The SMILES string of the molecule is Cn1ccc(COc2ccc(F)cc2C#CCO)n1.